The highest BCUT2D eigenvalue weighted by atomic mass is 16.5. The summed E-state index contributed by atoms with van der Waals surface area (Å²) in [6, 6.07) is 7.92. The van der Waals surface area contributed by atoms with Crippen molar-refractivity contribution in [3.05, 3.63) is 35.9 Å². The Morgan fingerprint density at radius 3 is 2.09 bits per heavy atom. The molecule has 10 heteroatoms. The Balaban J connectivity index is 1.83. The van der Waals surface area contributed by atoms with Crippen molar-refractivity contribution in [1.29, 1.82) is 0 Å². The van der Waals surface area contributed by atoms with Gasteiger partial charge in [0.05, 0.1) is 19.6 Å². The van der Waals surface area contributed by atoms with Crippen molar-refractivity contribution in [3.8, 4) is 0 Å². The summed E-state index contributed by atoms with van der Waals surface area (Å²) in [6.45, 7) is 4.01. The molecule has 1 unspecified atom stereocenters. The number of urea groups is 1. The van der Waals surface area contributed by atoms with E-state index in [1.807, 2.05) is 30.3 Å². The Hall–Kier alpha value is -3.14. The van der Waals surface area contributed by atoms with Gasteiger partial charge in [0, 0.05) is 19.5 Å². The van der Waals surface area contributed by atoms with E-state index in [1.54, 1.807) is 4.90 Å². The lowest BCUT2D eigenvalue weighted by Crippen LogP contribution is -2.52. The fourth-order valence-corrected chi connectivity index (χ4v) is 5.20. The fraction of sp³-hybridized carbons (Fsp3) is 0.706. The van der Waals surface area contributed by atoms with Gasteiger partial charge in [0.25, 0.3) is 0 Å². The number of unbranched alkanes of at least 4 members (excludes halogenated alkanes) is 10. The zero-order chi connectivity index (χ0) is 31.8. The van der Waals surface area contributed by atoms with Crippen molar-refractivity contribution in [2.45, 2.75) is 128 Å². The molecule has 0 spiro atoms. The van der Waals surface area contributed by atoms with Crippen LogP contribution in [0.1, 0.15) is 115 Å². The van der Waals surface area contributed by atoms with E-state index in [1.165, 1.54) is 44.9 Å². The second-order valence-electron chi connectivity index (χ2n) is 11.6. The van der Waals surface area contributed by atoms with Gasteiger partial charge in [-0.15, -0.1) is 0 Å². The lowest BCUT2D eigenvalue weighted by molar-refractivity contribution is -0.156. The SMILES string of the molecule is CCCCCCCCCCCCCC(CC(=O)O)OC(=O)[C@H](CCCC(=O)OCc1ccccc1)NC(=O)N1CCOCC1. The van der Waals surface area contributed by atoms with E-state index in [-0.39, 0.29) is 25.9 Å². The minimum Gasteiger partial charge on any atom is -0.481 e. The Labute approximate surface area is 263 Å². The highest BCUT2D eigenvalue weighted by Crippen LogP contribution is 2.17. The molecule has 2 rings (SSSR count). The first-order chi connectivity index (χ1) is 21.4. The lowest BCUT2D eigenvalue weighted by atomic mass is 10.0. The number of hydrogen-bond acceptors (Lipinski definition) is 7. The topological polar surface area (TPSA) is 131 Å². The predicted octanol–water partition coefficient (Wildman–Crippen LogP) is 6.40. The maximum atomic E-state index is 13.3. The number of carboxylic acids is 1. The third kappa shape index (κ3) is 17.2. The third-order valence-electron chi connectivity index (χ3n) is 7.81. The minimum atomic E-state index is -1.04. The Kier molecular flexibility index (Phi) is 19.6. The molecular formula is C34H54N2O8. The molecule has 10 nitrogen and oxygen atoms in total. The van der Waals surface area contributed by atoms with Crippen LogP contribution < -0.4 is 5.32 Å². The standard InChI is InChI=1S/C34H54N2O8/c1-2-3-4-5-6-7-8-9-10-11-15-19-29(26-31(37)38)44-33(40)30(35-34(41)36-22-24-42-25-23-36)20-16-21-32(39)43-27-28-17-13-12-14-18-28/h12-14,17-18,29-30H,2-11,15-16,19-27H2,1H3,(H,35,41)(H,37,38)/t29?,30-/m0/s1. The maximum Gasteiger partial charge on any atom is 0.328 e. The summed E-state index contributed by atoms with van der Waals surface area (Å²) >= 11 is 0. The van der Waals surface area contributed by atoms with Gasteiger partial charge in [0.15, 0.2) is 0 Å². The van der Waals surface area contributed by atoms with Crippen molar-refractivity contribution >= 4 is 23.9 Å². The van der Waals surface area contributed by atoms with Gasteiger partial charge < -0.3 is 29.5 Å². The number of nitrogens with one attached hydrogen (secondary N) is 1. The predicted molar refractivity (Wildman–Crippen MR) is 168 cm³/mol. The van der Waals surface area contributed by atoms with Gasteiger partial charge in [-0.3, -0.25) is 9.59 Å². The molecule has 1 fully saturated rings. The first-order valence-corrected chi connectivity index (χ1v) is 16.6. The molecule has 1 saturated heterocycles. The molecule has 2 amide bonds. The second-order valence-corrected chi connectivity index (χ2v) is 11.6. The minimum absolute atomic E-state index is 0.0708. The molecule has 0 bridgehead atoms. The van der Waals surface area contributed by atoms with Crippen molar-refractivity contribution in [2.24, 2.45) is 0 Å². The number of esters is 2. The van der Waals surface area contributed by atoms with Gasteiger partial charge in [0.2, 0.25) is 0 Å². The zero-order valence-electron chi connectivity index (χ0n) is 26.6. The highest BCUT2D eigenvalue weighted by molar-refractivity contribution is 5.84. The van der Waals surface area contributed by atoms with E-state index in [0.29, 0.717) is 39.1 Å². The number of rotatable bonds is 23. The summed E-state index contributed by atoms with van der Waals surface area (Å²) in [7, 11) is 0. The number of carbonyl (C=O) groups excluding carboxylic acids is 3. The highest BCUT2D eigenvalue weighted by Gasteiger charge is 2.28. The number of amides is 2. The largest absolute Gasteiger partial charge is 0.481 e. The summed E-state index contributed by atoms with van der Waals surface area (Å²) in [5.74, 6) is -2.12. The van der Waals surface area contributed by atoms with Gasteiger partial charge >= 0.3 is 23.9 Å². The van der Waals surface area contributed by atoms with Crippen LogP contribution in [0.5, 0.6) is 0 Å². The number of hydrogen-bond donors (Lipinski definition) is 2. The van der Waals surface area contributed by atoms with E-state index in [2.05, 4.69) is 12.2 Å². The third-order valence-corrected chi connectivity index (χ3v) is 7.81. The first-order valence-electron chi connectivity index (χ1n) is 16.6. The van der Waals surface area contributed by atoms with Crippen LogP contribution in [0.15, 0.2) is 30.3 Å². The van der Waals surface area contributed by atoms with Gasteiger partial charge in [-0.25, -0.2) is 9.59 Å². The van der Waals surface area contributed by atoms with Crippen LogP contribution in [0.3, 0.4) is 0 Å². The van der Waals surface area contributed by atoms with E-state index in [0.717, 1.165) is 31.2 Å². The lowest BCUT2D eigenvalue weighted by Gasteiger charge is -2.29. The fourth-order valence-electron chi connectivity index (χ4n) is 5.20. The van der Waals surface area contributed by atoms with Crippen molar-refractivity contribution in [1.82, 2.24) is 10.2 Å². The number of morpholine rings is 1. The van der Waals surface area contributed by atoms with Gasteiger partial charge in [0.1, 0.15) is 18.8 Å². The molecule has 0 aromatic heterocycles. The number of carbonyl (C=O) groups is 4. The number of nitrogens with zero attached hydrogens (tertiary/aromatic N) is 1. The van der Waals surface area contributed by atoms with Crippen molar-refractivity contribution in [2.75, 3.05) is 26.3 Å². The Morgan fingerprint density at radius 2 is 1.48 bits per heavy atom. The molecule has 1 aromatic rings. The maximum absolute atomic E-state index is 13.3. The molecular weight excluding hydrogens is 564 g/mol. The van der Waals surface area contributed by atoms with Crippen molar-refractivity contribution < 1.29 is 38.5 Å². The van der Waals surface area contributed by atoms with Crippen LogP contribution in [0.2, 0.25) is 0 Å². The molecule has 0 saturated carbocycles. The van der Waals surface area contributed by atoms with E-state index in [9.17, 15) is 24.3 Å². The summed E-state index contributed by atoms with van der Waals surface area (Å²) < 4.78 is 16.3. The average molecular weight is 619 g/mol. The summed E-state index contributed by atoms with van der Waals surface area (Å²) in [5.41, 5.74) is 0.877. The van der Waals surface area contributed by atoms with Gasteiger partial charge in [-0.05, 0) is 31.2 Å². The quantitative estimate of drug-likeness (QED) is 0.106. The Morgan fingerprint density at radius 1 is 0.864 bits per heavy atom. The number of aliphatic carboxylic acids is 1. The summed E-state index contributed by atoms with van der Waals surface area (Å²) in [6.07, 6.45) is 12.8. The number of benzene rings is 1. The van der Waals surface area contributed by atoms with E-state index < -0.39 is 36.1 Å². The monoisotopic (exact) mass is 618 g/mol. The van der Waals surface area contributed by atoms with Crippen LogP contribution in [-0.2, 0) is 35.2 Å². The van der Waals surface area contributed by atoms with Crippen LogP contribution >= 0.6 is 0 Å². The van der Waals surface area contributed by atoms with Crippen molar-refractivity contribution in [3.63, 3.8) is 0 Å². The molecule has 1 aliphatic heterocycles. The van der Waals surface area contributed by atoms with Crippen LogP contribution in [0.4, 0.5) is 4.79 Å². The average Bonchev–Trinajstić information content (AvgIpc) is 3.02. The van der Waals surface area contributed by atoms with Gasteiger partial charge in [-0.2, -0.15) is 0 Å². The van der Waals surface area contributed by atoms with E-state index in [4.69, 9.17) is 14.2 Å². The molecule has 0 radical (unpaired) electrons. The molecule has 0 aliphatic carbocycles. The molecule has 1 heterocycles. The molecule has 2 N–H and O–H groups in total. The van der Waals surface area contributed by atoms with Gasteiger partial charge in [-0.1, -0.05) is 101 Å². The summed E-state index contributed by atoms with van der Waals surface area (Å²) in [5, 5.41) is 12.2. The zero-order valence-corrected chi connectivity index (χ0v) is 26.6. The normalized spacial score (nSPS) is 14.4. The molecule has 1 aromatic carbocycles. The second kappa shape index (κ2) is 23.3. The van der Waals surface area contributed by atoms with E-state index >= 15 is 0 Å². The number of ether oxygens (including phenoxy) is 3. The van der Waals surface area contributed by atoms with Crippen LogP contribution in [0, 0.1) is 0 Å². The van der Waals surface area contributed by atoms with Crippen LogP contribution in [0.25, 0.3) is 0 Å². The smallest absolute Gasteiger partial charge is 0.328 e. The first kappa shape index (κ1) is 37.0. The molecule has 44 heavy (non-hydrogen) atoms. The number of carboxylic acid groups (broad SMARTS) is 1. The molecule has 2 atom stereocenters. The molecule has 1 aliphatic rings. The van der Waals surface area contributed by atoms with Crippen LogP contribution in [-0.4, -0.2) is 72.4 Å². The molecule has 248 valence electrons. The Bertz CT molecular complexity index is 952. The summed E-state index contributed by atoms with van der Waals surface area (Å²) in [4.78, 5) is 51.5.